The van der Waals surface area contributed by atoms with Crippen LogP contribution < -0.4 is 0 Å². The molecule has 0 radical (unpaired) electrons. The van der Waals surface area contributed by atoms with E-state index in [1.54, 1.807) is 18.2 Å². The Morgan fingerprint density at radius 2 is 1.52 bits per heavy atom. The molecule has 0 saturated heterocycles. The topological polar surface area (TPSA) is 37.3 Å². The zero-order valence-electron chi connectivity index (χ0n) is 12.6. The fraction of sp³-hybridized carbons (Fsp3) is 0. The number of rotatable bonds is 4. The third-order valence-electron chi connectivity index (χ3n) is 3.74. The lowest BCUT2D eigenvalue weighted by Crippen LogP contribution is -1.96. The van der Waals surface area contributed by atoms with E-state index >= 15 is 0 Å². The van der Waals surface area contributed by atoms with Crippen molar-refractivity contribution >= 4 is 28.4 Å². The summed E-state index contributed by atoms with van der Waals surface area (Å²) in [7, 11) is 0. The van der Waals surface area contributed by atoms with E-state index in [1.165, 1.54) is 6.08 Å². The predicted molar refractivity (Wildman–Crippen MR) is 95.4 cm³/mol. The van der Waals surface area contributed by atoms with Gasteiger partial charge in [-0.3, -0.25) is 4.79 Å². The van der Waals surface area contributed by atoms with Crippen molar-refractivity contribution in [2.75, 3.05) is 0 Å². The minimum Gasteiger partial charge on any atom is -0.507 e. The van der Waals surface area contributed by atoms with Crippen LogP contribution in [0.5, 0.6) is 0 Å². The summed E-state index contributed by atoms with van der Waals surface area (Å²) in [5.41, 5.74) is 2.10. The number of ketones is 1. The Bertz CT molecular complexity index is 903. The SMILES string of the molecule is C=Cc1ccc(C(=O)/C=C(\O)c2ccc3ccccc3c2)cc1. The molecule has 0 unspecified atom stereocenters. The predicted octanol–water partition coefficient (Wildman–Crippen LogP) is 5.26. The van der Waals surface area contributed by atoms with Crippen LogP contribution in [0.4, 0.5) is 0 Å². The van der Waals surface area contributed by atoms with Crippen molar-refractivity contribution in [1.82, 2.24) is 0 Å². The zero-order chi connectivity index (χ0) is 16.2. The van der Waals surface area contributed by atoms with E-state index < -0.39 is 0 Å². The molecule has 23 heavy (non-hydrogen) atoms. The molecule has 1 N–H and O–H groups in total. The molecule has 0 amide bonds. The van der Waals surface area contributed by atoms with Gasteiger partial charge < -0.3 is 5.11 Å². The minimum absolute atomic E-state index is 0.0337. The summed E-state index contributed by atoms with van der Waals surface area (Å²) in [5, 5.41) is 12.4. The number of allylic oxidation sites excluding steroid dienone is 1. The summed E-state index contributed by atoms with van der Waals surface area (Å²) in [6.45, 7) is 3.68. The lowest BCUT2D eigenvalue weighted by Gasteiger charge is -2.03. The van der Waals surface area contributed by atoms with Crippen LogP contribution in [0.15, 0.2) is 79.4 Å². The third-order valence-corrected chi connectivity index (χ3v) is 3.74. The van der Waals surface area contributed by atoms with E-state index in [2.05, 4.69) is 6.58 Å². The van der Waals surface area contributed by atoms with Gasteiger partial charge in [0.15, 0.2) is 5.78 Å². The summed E-state index contributed by atoms with van der Waals surface area (Å²) < 4.78 is 0. The Hall–Kier alpha value is -3.13. The average Bonchev–Trinajstić information content (AvgIpc) is 2.61. The molecule has 0 atom stereocenters. The van der Waals surface area contributed by atoms with Crippen LogP contribution in [-0.2, 0) is 0 Å². The molecule has 3 aromatic carbocycles. The monoisotopic (exact) mass is 300 g/mol. The molecule has 2 heteroatoms. The maximum atomic E-state index is 12.2. The Balaban J connectivity index is 1.89. The molecule has 0 aromatic heterocycles. The molecule has 0 heterocycles. The van der Waals surface area contributed by atoms with Gasteiger partial charge in [-0.2, -0.15) is 0 Å². The first-order chi connectivity index (χ1) is 11.2. The highest BCUT2D eigenvalue weighted by molar-refractivity contribution is 6.08. The Labute approximate surface area is 135 Å². The van der Waals surface area contributed by atoms with E-state index in [9.17, 15) is 9.90 Å². The molecule has 0 aliphatic rings. The van der Waals surface area contributed by atoms with Crippen molar-refractivity contribution in [3.05, 3.63) is 96.1 Å². The van der Waals surface area contributed by atoms with Crippen LogP contribution in [0.2, 0.25) is 0 Å². The van der Waals surface area contributed by atoms with Crippen molar-refractivity contribution in [2.45, 2.75) is 0 Å². The average molecular weight is 300 g/mol. The van der Waals surface area contributed by atoms with Gasteiger partial charge in [-0.05, 0) is 22.4 Å². The highest BCUT2D eigenvalue weighted by Crippen LogP contribution is 2.20. The number of benzene rings is 3. The van der Waals surface area contributed by atoms with Gasteiger partial charge in [0.1, 0.15) is 5.76 Å². The first kappa shape index (κ1) is 14.8. The van der Waals surface area contributed by atoms with E-state index in [4.69, 9.17) is 0 Å². The van der Waals surface area contributed by atoms with E-state index in [1.807, 2.05) is 54.6 Å². The highest BCUT2D eigenvalue weighted by atomic mass is 16.3. The summed E-state index contributed by atoms with van der Waals surface area (Å²) in [6.07, 6.45) is 2.98. The largest absolute Gasteiger partial charge is 0.507 e. The van der Waals surface area contributed by atoms with Crippen LogP contribution in [0, 0.1) is 0 Å². The molecule has 2 nitrogen and oxygen atoms in total. The maximum absolute atomic E-state index is 12.2. The van der Waals surface area contributed by atoms with Crippen molar-refractivity contribution in [2.24, 2.45) is 0 Å². The Kier molecular flexibility index (Phi) is 4.07. The van der Waals surface area contributed by atoms with Gasteiger partial charge in [0.2, 0.25) is 0 Å². The van der Waals surface area contributed by atoms with Crippen LogP contribution in [-0.4, -0.2) is 10.9 Å². The maximum Gasteiger partial charge on any atom is 0.189 e. The summed E-state index contributed by atoms with van der Waals surface area (Å²) in [4.78, 5) is 12.2. The number of carbonyl (C=O) groups excluding carboxylic acids is 1. The molecule has 0 fully saturated rings. The van der Waals surface area contributed by atoms with Crippen molar-refractivity contribution in [3.8, 4) is 0 Å². The first-order valence-corrected chi connectivity index (χ1v) is 7.34. The second kappa shape index (κ2) is 6.32. The number of hydrogen-bond donors (Lipinski definition) is 1. The summed E-state index contributed by atoms with van der Waals surface area (Å²) in [6, 6.07) is 20.6. The Morgan fingerprint density at radius 1 is 0.870 bits per heavy atom. The number of aliphatic hydroxyl groups is 1. The lowest BCUT2D eigenvalue weighted by molar-refractivity contribution is 0.104. The molecule has 0 aliphatic heterocycles. The van der Waals surface area contributed by atoms with Crippen LogP contribution in [0.3, 0.4) is 0 Å². The van der Waals surface area contributed by atoms with Crippen molar-refractivity contribution in [3.63, 3.8) is 0 Å². The minimum atomic E-state index is -0.230. The van der Waals surface area contributed by atoms with E-state index in [-0.39, 0.29) is 11.5 Å². The molecule has 3 rings (SSSR count). The smallest absolute Gasteiger partial charge is 0.189 e. The normalized spacial score (nSPS) is 11.4. The van der Waals surface area contributed by atoms with Gasteiger partial charge in [0, 0.05) is 17.2 Å². The second-order valence-electron chi connectivity index (χ2n) is 5.28. The number of carbonyl (C=O) groups is 1. The molecule has 0 bridgehead atoms. The lowest BCUT2D eigenvalue weighted by atomic mass is 10.0. The highest BCUT2D eigenvalue weighted by Gasteiger charge is 2.07. The van der Waals surface area contributed by atoms with Gasteiger partial charge in [-0.25, -0.2) is 0 Å². The second-order valence-corrected chi connectivity index (χ2v) is 5.28. The van der Waals surface area contributed by atoms with E-state index in [0.29, 0.717) is 11.1 Å². The molecule has 112 valence electrons. The van der Waals surface area contributed by atoms with E-state index in [0.717, 1.165) is 16.3 Å². The molecular weight excluding hydrogens is 284 g/mol. The van der Waals surface area contributed by atoms with Gasteiger partial charge in [-0.1, -0.05) is 73.3 Å². The van der Waals surface area contributed by atoms with Gasteiger partial charge in [0.05, 0.1) is 0 Å². The standard InChI is InChI=1S/C21H16O2/c1-2-15-7-9-17(10-8-15)20(22)14-21(23)19-12-11-16-5-3-4-6-18(16)13-19/h2-14,23H,1H2/b21-14-. The molecule has 0 aliphatic carbocycles. The number of aliphatic hydroxyl groups excluding tert-OH is 1. The van der Waals surface area contributed by atoms with Crippen molar-refractivity contribution < 1.29 is 9.90 Å². The van der Waals surface area contributed by atoms with Crippen LogP contribution >= 0.6 is 0 Å². The number of fused-ring (bicyclic) bond motifs is 1. The first-order valence-electron chi connectivity index (χ1n) is 7.34. The molecule has 3 aromatic rings. The fourth-order valence-corrected chi connectivity index (χ4v) is 2.42. The quantitative estimate of drug-likeness (QED) is 0.405. The summed E-state index contributed by atoms with van der Waals surface area (Å²) >= 11 is 0. The third kappa shape index (κ3) is 3.22. The van der Waals surface area contributed by atoms with Crippen LogP contribution in [0.1, 0.15) is 21.5 Å². The molecule has 0 saturated carbocycles. The van der Waals surface area contributed by atoms with Gasteiger partial charge in [0.25, 0.3) is 0 Å². The van der Waals surface area contributed by atoms with Crippen LogP contribution in [0.25, 0.3) is 22.6 Å². The van der Waals surface area contributed by atoms with Gasteiger partial charge >= 0.3 is 0 Å². The number of hydrogen-bond acceptors (Lipinski definition) is 2. The zero-order valence-corrected chi connectivity index (χ0v) is 12.6. The Morgan fingerprint density at radius 3 is 2.22 bits per heavy atom. The van der Waals surface area contributed by atoms with Crippen molar-refractivity contribution in [1.29, 1.82) is 0 Å². The fourth-order valence-electron chi connectivity index (χ4n) is 2.42. The summed E-state index contributed by atoms with van der Waals surface area (Å²) in [5.74, 6) is -0.264. The molecule has 0 spiro atoms. The van der Waals surface area contributed by atoms with Gasteiger partial charge in [-0.15, -0.1) is 0 Å². The molecular formula is C21H16O2.